The molecule has 2 aliphatic rings. The number of carbonyl (C=O) groups excluding carboxylic acids is 3. The molecule has 5 rings (SSSR count). The highest BCUT2D eigenvalue weighted by Crippen LogP contribution is 2.50. The number of rotatable bonds is 7. The van der Waals surface area contributed by atoms with Crippen LogP contribution in [0.2, 0.25) is 0 Å². The van der Waals surface area contributed by atoms with Gasteiger partial charge in [0.25, 0.3) is 0 Å². The van der Waals surface area contributed by atoms with Crippen molar-refractivity contribution in [3.63, 3.8) is 0 Å². The molecule has 0 saturated carbocycles. The molecule has 0 radical (unpaired) electrons. The number of halogens is 1. The first-order chi connectivity index (χ1) is 16.9. The minimum Gasteiger partial charge on any atom is -0.451 e. The lowest BCUT2D eigenvalue weighted by molar-refractivity contribution is -0.151. The number of β-lactam (4-membered cyclic amide) rings is 1. The van der Waals surface area contributed by atoms with Crippen LogP contribution in [0, 0.1) is 0 Å². The van der Waals surface area contributed by atoms with Gasteiger partial charge in [-0.2, -0.15) is 0 Å². The summed E-state index contributed by atoms with van der Waals surface area (Å²) >= 11 is 7.89. The number of nitrogens with one attached hydrogen (secondary N) is 1. The van der Waals surface area contributed by atoms with Crippen molar-refractivity contribution in [2.75, 3.05) is 6.54 Å². The number of nitrogens with zero attached hydrogens (tertiary/aromatic N) is 1. The van der Waals surface area contributed by atoms with Gasteiger partial charge in [0.2, 0.25) is 16.0 Å². The van der Waals surface area contributed by atoms with Crippen molar-refractivity contribution >= 4 is 41.1 Å². The summed E-state index contributed by atoms with van der Waals surface area (Å²) in [5.41, 5.74) is 2.50. The topological polar surface area (TPSA) is 75.7 Å². The van der Waals surface area contributed by atoms with Gasteiger partial charge in [0.1, 0.15) is 11.4 Å². The normalized spacial score (nSPS) is 22.9. The fourth-order valence-electron chi connectivity index (χ4n) is 4.30. The molecule has 2 aliphatic heterocycles. The fraction of sp³-hybridized carbons (Fsp3) is 0.222. The molecule has 2 saturated heterocycles. The Balaban J connectivity index is 1.27. The Bertz CT molecular complexity index is 1190. The molecular weight excluding hydrogens is 484 g/mol. The van der Waals surface area contributed by atoms with E-state index in [2.05, 4.69) is 5.32 Å². The Kier molecular flexibility index (Phi) is 6.54. The van der Waals surface area contributed by atoms with Crippen LogP contribution >= 0.6 is 23.4 Å². The SMILES string of the molecule is O=C(Cc1ccccc1)N[C@@H]1C(=O)N2CC(Cl)(C(=O)OC(c3ccccc3)c3ccccc3)S[C@H]12. The third-order valence-electron chi connectivity index (χ3n) is 6.08. The Morgan fingerprint density at radius 1 is 0.971 bits per heavy atom. The number of alkyl halides is 1. The minimum atomic E-state index is -1.46. The van der Waals surface area contributed by atoms with Gasteiger partial charge in [0.05, 0.1) is 13.0 Å². The van der Waals surface area contributed by atoms with Gasteiger partial charge in [-0.1, -0.05) is 114 Å². The molecular formula is C27H23ClN2O4S. The predicted octanol–water partition coefficient (Wildman–Crippen LogP) is 3.90. The van der Waals surface area contributed by atoms with Crippen LogP contribution < -0.4 is 5.32 Å². The van der Waals surface area contributed by atoms with Crippen molar-refractivity contribution in [1.29, 1.82) is 0 Å². The number of thioether (sulfide) groups is 1. The van der Waals surface area contributed by atoms with Gasteiger partial charge in [0, 0.05) is 0 Å². The zero-order chi connectivity index (χ0) is 24.4. The smallest absolute Gasteiger partial charge is 0.340 e. The van der Waals surface area contributed by atoms with Crippen LogP contribution in [-0.2, 0) is 25.5 Å². The number of benzene rings is 3. The second-order valence-corrected chi connectivity index (χ2v) is 10.8. The van der Waals surface area contributed by atoms with Crippen LogP contribution in [0.25, 0.3) is 0 Å². The summed E-state index contributed by atoms with van der Waals surface area (Å²) in [4.78, 5) is 40.0. The molecule has 0 bridgehead atoms. The Morgan fingerprint density at radius 3 is 2.09 bits per heavy atom. The lowest BCUT2D eigenvalue weighted by Crippen LogP contribution is -2.67. The molecule has 3 atom stereocenters. The molecule has 0 aliphatic carbocycles. The fourth-order valence-corrected chi connectivity index (χ4v) is 6.12. The number of amides is 2. The number of ether oxygens (including phenoxy) is 1. The van der Waals surface area contributed by atoms with Crippen molar-refractivity contribution in [3.05, 3.63) is 108 Å². The molecule has 178 valence electrons. The second kappa shape index (κ2) is 9.76. The average Bonchev–Trinajstić information content (AvgIpc) is 3.22. The van der Waals surface area contributed by atoms with E-state index in [1.54, 1.807) is 0 Å². The van der Waals surface area contributed by atoms with Crippen LogP contribution in [0.15, 0.2) is 91.0 Å². The zero-order valence-corrected chi connectivity index (χ0v) is 20.2. The highest BCUT2D eigenvalue weighted by molar-refractivity contribution is 8.03. The predicted molar refractivity (Wildman–Crippen MR) is 135 cm³/mol. The van der Waals surface area contributed by atoms with Gasteiger partial charge < -0.3 is 15.0 Å². The number of esters is 1. The van der Waals surface area contributed by atoms with E-state index in [-0.39, 0.29) is 24.8 Å². The van der Waals surface area contributed by atoms with E-state index in [1.807, 2.05) is 91.0 Å². The molecule has 1 unspecified atom stereocenters. The molecule has 6 nitrogen and oxygen atoms in total. The first-order valence-electron chi connectivity index (χ1n) is 11.3. The molecule has 8 heteroatoms. The molecule has 2 amide bonds. The third-order valence-corrected chi connectivity index (χ3v) is 8.06. The van der Waals surface area contributed by atoms with Crippen LogP contribution in [0.5, 0.6) is 0 Å². The first-order valence-corrected chi connectivity index (χ1v) is 12.5. The average molecular weight is 507 g/mol. The van der Waals surface area contributed by atoms with Crippen LogP contribution in [-0.4, -0.2) is 44.9 Å². The number of fused-ring (bicyclic) bond motifs is 1. The molecule has 35 heavy (non-hydrogen) atoms. The van der Waals surface area contributed by atoms with Crippen LogP contribution in [0.1, 0.15) is 22.8 Å². The summed E-state index contributed by atoms with van der Waals surface area (Å²) in [6.07, 6.45) is -0.460. The number of carbonyl (C=O) groups is 3. The summed E-state index contributed by atoms with van der Waals surface area (Å²) in [6, 6.07) is 27.5. The van der Waals surface area contributed by atoms with Gasteiger partial charge in [-0.3, -0.25) is 9.59 Å². The highest BCUT2D eigenvalue weighted by atomic mass is 35.5. The summed E-state index contributed by atoms with van der Waals surface area (Å²) in [6.45, 7) is 0.0168. The van der Waals surface area contributed by atoms with E-state index in [4.69, 9.17) is 16.3 Å². The van der Waals surface area contributed by atoms with E-state index >= 15 is 0 Å². The molecule has 2 fully saturated rings. The standard InChI is InChI=1S/C27H23ClN2O4S/c28-27(26(33)34-23(19-12-6-2-7-13-19)20-14-8-3-9-15-20)17-30-24(32)22(25(30)35-27)29-21(31)16-18-10-4-1-5-11-18/h1-15,22-23,25H,16-17H2,(H,29,31)/t22-,25-,27?/m1/s1. The number of hydrogen-bond donors (Lipinski definition) is 1. The molecule has 0 aromatic heterocycles. The maximum Gasteiger partial charge on any atom is 0.340 e. The van der Waals surface area contributed by atoms with Crippen LogP contribution in [0.3, 0.4) is 0 Å². The van der Waals surface area contributed by atoms with Gasteiger partial charge in [0.15, 0.2) is 6.10 Å². The lowest BCUT2D eigenvalue weighted by atomic mass is 10.0. The quantitative estimate of drug-likeness (QED) is 0.299. The van der Waals surface area contributed by atoms with E-state index in [0.29, 0.717) is 0 Å². The van der Waals surface area contributed by atoms with E-state index in [1.165, 1.54) is 4.90 Å². The largest absolute Gasteiger partial charge is 0.451 e. The van der Waals surface area contributed by atoms with Crippen molar-refractivity contribution in [2.24, 2.45) is 0 Å². The van der Waals surface area contributed by atoms with Crippen molar-refractivity contribution in [3.8, 4) is 0 Å². The first kappa shape index (κ1) is 23.5. The third kappa shape index (κ3) is 4.79. The van der Waals surface area contributed by atoms with Crippen LogP contribution in [0.4, 0.5) is 0 Å². The summed E-state index contributed by atoms with van der Waals surface area (Å²) in [5.74, 6) is -1.11. The van der Waals surface area contributed by atoms with Crippen molar-refractivity contribution in [1.82, 2.24) is 10.2 Å². The monoisotopic (exact) mass is 506 g/mol. The molecule has 3 aromatic rings. The number of hydrogen-bond acceptors (Lipinski definition) is 5. The van der Waals surface area contributed by atoms with Gasteiger partial charge >= 0.3 is 5.97 Å². The highest BCUT2D eigenvalue weighted by Gasteiger charge is 2.62. The van der Waals surface area contributed by atoms with Gasteiger partial charge in [-0.25, -0.2) is 4.79 Å². The van der Waals surface area contributed by atoms with Gasteiger partial charge in [-0.15, -0.1) is 0 Å². The maximum absolute atomic E-state index is 13.3. The van der Waals surface area contributed by atoms with Crippen molar-refractivity contribution < 1.29 is 19.1 Å². The summed E-state index contributed by atoms with van der Waals surface area (Å²) in [7, 11) is 0. The lowest BCUT2D eigenvalue weighted by Gasteiger charge is -2.41. The molecule has 3 aromatic carbocycles. The molecule has 1 N–H and O–H groups in total. The van der Waals surface area contributed by atoms with E-state index < -0.39 is 27.7 Å². The minimum absolute atomic E-state index is 0.0168. The maximum atomic E-state index is 13.3. The second-order valence-electron chi connectivity index (χ2n) is 8.52. The van der Waals surface area contributed by atoms with E-state index in [0.717, 1.165) is 28.5 Å². The Morgan fingerprint density at radius 2 is 1.51 bits per heavy atom. The molecule has 2 heterocycles. The summed E-state index contributed by atoms with van der Waals surface area (Å²) in [5, 5.41) is 2.38. The zero-order valence-electron chi connectivity index (χ0n) is 18.7. The Labute approximate surface area is 212 Å². The van der Waals surface area contributed by atoms with E-state index in [9.17, 15) is 14.4 Å². The van der Waals surface area contributed by atoms with Gasteiger partial charge in [-0.05, 0) is 16.7 Å². The molecule has 0 spiro atoms. The Hall–Kier alpha value is -3.29. The van der Waals surface area contributed by atoms with Crippen molar-refractivity contribution in [2.45, 2.75) is 28.1 Å². The summed E-state index contributed by atoms with van der Waals surface area (Å²) < 4.78 is 4.49.